The fourth-order valence-electron chi connectivity index (χ4n) is 2.72. The Labute approximate surface area is 165 Å². The molecule has 2 unspecified atom stereocenters. The van der Waals surface area contributed by atoms with Crippen molar-refractivity contribution in [1.29, 1.82) is 0 Å². The topological polar surface area (TPSA) is 125 Å². The van der Waals surface area contributed by atoms with Crippen LogP contribution in [0.4, 0.5) is 0 Å². The molecule has 8 heteroatoms. The lowest BCUT2D eigenvalue weighted by atomic mass is 9.90. The molecule has 154 valence electrons. The molecule has 0 aromatic carbocycles. The molecule has 28 heavy (non-hydrogen) atoms. The van der Waals surface area contributed by atoms with Gasteiger partial charge >= 0.3 is 5.97 Å². The van der Waals surface area contributed by atoms with E-state index in [4.69, 9.17) is 5.11 Å². The van der Waals surface area contributed by atoms with Gasteiger partial charge in [0.2, 0.25) is 11.8 Å². The van der Waals surface area contributed by atoms with Crippen molar-refractivity contribution in [3.05, 3.63) is 30.1 Å². The van der Waals surface area contributed by atoms with Crippen molar-refractivity contribution in [1.82, 2.24) is 15.6 Å². The van der Waals surface area contributed by atoms with Crippen LogP contribution >= 0.6 is 0 Å². The lowest BCUT2D eigenvalue weighted by Gasteiger charge is -2.22. The molecule has 0 fully saturated rings. The highest BCUT2D eigenvalue weighted by molar-refractivity contribution is 5.92. The summed E-state index contributed by atoms with van der Waals surface area (Å²) in [6, 6.07) is 2.74. The van der Waals surface area contributed by atoms with Crippen LogP contribution in [0.2, 0.25) is 0 Å². The fourth-order valence-corrected chi connectivity index (χ4v) is 2.72. The van der Waals surface area contributed by atoms with Crippen molar-refractivity contribution < 1.29 is 24.3 Å². The van der Waals surface area contributed by atoms with Crippen molar-refractivity contribution in [3.63, 3.8) is 0 Å². The van der Waals surface area contributed by atoms with Crippen molar-refractivity contribution in [2.45, 2.75) is 52.5 Å². The van der Waals surface area contributed by atoms with Crippen LogP contribution < -0.4 is 10.6 Å². The van der Waals surface area contributed by atoms with E-state index in [1.807, 2.05) is 12.1 Å². The SMILES string of the molecule is CC(=O)C(CC(=O)O)NC(=O)C(CC(=O)NCCCc1cccnc1)C(C)C. The maximum Gasteiger partial charge on any atom is 0.305 e. The van der Waals surface area contributed by atoms with E-state index in [-0.39, 0.29) is 18.2 Å². The number of carboxylic acid groups (broad SMARTS) is 1. The van der Waals surface area contributed by atoms with Gasteiger partial charge in [0.1, 0.15) is 0 Å². The number of nitrogens with zero attached hydrogens (tertiary/aromatic N) is 1. The summed E-state index contributed by atoms with van der Waals surface area (Å²) in [5, 5.41) is 14.1. The van der Waals surface area contributed by atoms with Crippen LogP contribution in [-0.4, -0.2) is 46.2 Å². The Hall–Kier alpha value is -2.77. The molecule has 1 aromatic rings. The molecule has 0 saturated carbocycles. The van der Waals surface area contributed by atoms with E-state index in [0.717, 1.165) is 18.4 Å². The highest BCUT2D eigenvalue weighted by atomic mass is 16.4. The molecule has 3 N–H and O–H groups in total. The quantitative estimate of drug-likeness (QED) is 0.462. The van der Waals surface area contributed by atoms with Crippen molar-refractivity contribution in [2.75, 3.05) is 6.54 Å². The number of ketones is 1. The molecule has 0 aliphatic carbocycles. The summed E-state index contributed by atoms with van der Waals surface area (Å²) in [6.07, 6.45) is 4.53. The summed E-state index contributed by atoms with van der Waals surface area (Å²) >= 11 is 0. The van der Waals surface area contributed by atoms with Gasteiger partial charge in [0.15, 0.2) is 5.78 Å². The van der Waals surface area contributed by atoms with E-state index >= 15 is 0 Å². The number of nitrogens with one attached hydrogen (secondary N) is 2. The minimum atomic E-state index is -1.17. The van der Waals surface area contributed by atoms with E-state index in [2.05, 4.69) is 15.6 Å². The van der Waals surface area contributed by atoms with Gasteiger partial charge in [-0.2, -0.15) is 0 Å². The van der Waals surface area contributed by atoms with Crippen LogP contribution in [0, 0.1) is 11.8 Å². The molecule has 1 aromatic heterocycles. The minimum absolute atomic E-state index is 0.0198. The normalized spacial score (nSPS) is 12.9. The Kier molecular flexibility index (Phi) is 9.84. The van der Waals surface area contributed by atoms with Crippen molar-refractivity contribution in [2.24, 2.45) is 11.8 Å². The summed E-state index contributed by atoms with van der Waals surface area (Å²) in [6.45, 7) is 5.32. The lowest BCUT2D eigenvalue weighted by Crippen LogP contribution is -2.46. The highest BCUT2D eigenvalue weighted by Crippen LogP contribution is 2.16. The number of rotatable bonds is 12. The fraction of sp³-hybridized carbons (Fsp3) is 0.550. The van der Waals surface area contributed by atoms with Gasteiger partial charge in [-0.25, -0.2) is 0 Å². The van der Waals surface area contributed by atoms with Crippen LogP contribution in [0.3, 0.4) is 0 Å². The van der Waals surface area contributed by atoms with Gasteiger partial charge < -0.3 is 15.7 Å². The molecule has 0 radical (unpaired) electrons. The third-order valence-electron chi connectivity index (χ3n) is 4.42. The maximum atomic E-state index is 12.5. The average molecular weight is 391 g/mol. The smallest absolute Gasteiger partial charge is 0.305 e. The number of carbonyl (C=O) groups excluding carboxylic acids is 3. The molecule has 0 spiro atoms. The number of amides is 2. The maximum absolute atomic E-state index is 12.5. The number of carboxylic acids is 1. The standard InChI is InChI=1S/C20H29N3O5/c1-13(2)16(20(28)23-17(14(3)24)11-19(26)27)10-18(25)22-9-5-7-15-6-4-8-21-12-15/h4,6,8,12-13,16-17H,5,7,9-11H2,1-3H3,(H,22,25)(H,23,28)(H,26,27). The number of carbonyl (C=O) groups is 4. The zero-order valence-electron chi connectivity index (χ0n) is 16.6. The predicted molar refractivity (Wildman–Crippen MR) is 103 cm³/mol. The third-order valence-corrected chi connectivity index (χ3v) is 4.42. The van der Waals surface area contributed by atoms with Crippen LogP contribution in [0.25, 0.3) is 0 Å². The molecule has 2 amide bonds. The Morgan fingerprint density at radius 1 is 1.18 bits per heavy atom. The second-order valence-corrected chi connectivity index (χ2v) is 7.14. The second kappa shape index (κ2) is 11.8. The summed E-state index contributed by atoms with van der Waals surface area (Å²) in [5.74, 6) is -3.13. The molecule has 0 aliphatic rings. The average Bonchev–Trinajstić information content (AvgIpc) is 2.62. The third kappa shape index (κ3) is 8.75. The number of hydrogen-bond acceptors (Lipinski definition) is 5. The van der Waals surface area contributed by atoms with E-state index in [9.17, 15) is 19.2 Å². The summed E-state index contributed by atoms with van der Waals surface area (Å²) in [7, 11) is 0. The molecule has 8 nitrogen and oxygen atoms in total. The predicted octanol–water partition coefficient (Wildman–Crippen LogP) is 1.34. The van der Waals surface area contributed by atoms with E-state index < -0.39 is 36.0 Å². The van der Waals surface area contributed by atoms with E-state index in [0.29, 0.717) is 6.54 Å². The van der Waals surface area contributed by atoms with Crippen LogP contribution in [0.15, 0.2) is 24.5 Å². The molecule has 1 heterocycles. The Morgan fingerprint density at radius 3 is 2.43 bits per heavy atom. The molecule has 0 bridgehead atoms. The number of aliphatic carboxylic acids is 1. The Morgan fingerprint density at radius 2 is 1.89 bits per heavy atom. The van der Waals surface area contributed by atoms with Crippen LogP contribution in [0.1, 0.15) is 45.6 Å². The molecular weight excluding hydrogens is 362 g/mol. The summed E-state index contributed by atoms with van der Waals surface area (Å²) < 4.78 is 0. The van der Waals surface area contributed by atoms with Gasteiger partial charge in [0.25, 0.3) is 0 Å². The first-order valence-corrected chi connectivity index (χ1v) is 9.39. The van der Waals surface area contributed by atoms with Crippen LogP contribution in [-0.2, 0) is 25.6 Å². The molecule has 0 aliphatic heterocycles. The Bertz CT molecular complexity index is 676. The van der Waals surface area contributed by atoms with Crippen molar-refractivity contribution in [3.8, 4) is 0 Å². The van der Waals surface area contributed by atoms with Gasteiger partial charge in [-0.15, -0.1) is 0 Å². The van der Waals surface area contributed by atoms with Gasteiger partial charge in [0, 0.05) is 31.3 Å². The first-order chi connectivity index (χ1) is 13.2. The zero-order chi connectivity index (χ0) is 21.1. The van der Waals surface area contributed by atoms with Gasteiger partial charge in [-0.3, -0.25) is 24.2 Å². The van der Waals surface area contributed by atoms with Gasteiger partial charge in [-0.1, -0.05) is 19.9 Å². The zero-order valence-corrected chi connectivity index (χ0v) is 16.6. The molecule has 2 atom stereocenters. The monoisotopic (exact) mass is 391 g/mol. The van der Waals surface area contributed by atoms with Gasteiger partial charge in [0.05, 0.1) is 12.5 Å². The molecular formula is C20H29N3O5. The molecule has 0 saturated heterocycles. The summed E-state index contributed by atoms with van der Waals surface area (Å²) in [4.78, 5) is 51.1. The lowest BCUT2D eigenvalue weighted by molar-refractivity contribution is -0.140. The van der Waals surface area contributed by atoms with Crippen molar-refractivity contribution >= 4 is 23.6 Å². The minimum Gasteiger partial charge on any atom is -0.481 e. The largest absolute Gasteiger partial charge is 0.481 e. The summed E-state index contributed by atoms with van der Waals surface area (Å²) in [5.41, 5.74) is 1.09. The number of Topliss-reactive ketones (excluding diaryl/α,β-unsaturated/α-hetero) is 1. The number of pyridine rings is 1. The highest BCUT2D eigenvalue weighted by Gasteiger charge is 2.29. The van der Waals surface area contributed by atoms with E-state index in [1.165, 1.54) is 6.92 Å². The second-order valence-electron chi connectivity index (χ2n) is 7.14. The number of hydrogen-bond donors (Lipinski definition) is 3. The number of aryl methyl sites for hydroxylation is 1. The number of aromatic nitrogens is 1. The van der Waals surface area contributed by atoms with Gasteiger partial charge in [-0.05, 0) is 37.3 Å². The first-order valence-electron chi connectivity index (χ1n) is 9.39. The van der Waals surface area contributed by atoms with E-state index in [1.54, 1.807) is 26.2 Å². The molecule has 1 rings (SSSR count). The Balaban J connectivity index is 2.50. The first kappa shape index (κ1) is 23.3. The van der Waals surface area contributed by atoms with Crippen LogP contribution in [0.5, 0.6) is 0 Å².